The van der Waals surface area contributed by atoms with Crippen LogP contribution in [0.3, 0.4) is 0 Å². The van der Waals surface area contributed by atoms with E-state index in [1.54, 1.807) is 0 Å². The predicted molar refractivity (Wildman–Crippen MR) is 122 cm³/mol. The average Bonchev–Trinajstić information content (AvgIpc) is 3.18. The van der Waals surface area contributed by atoms with Gasteiger partial charge in [0.25, 0.3) is 0 Å². The number of aromatic amines is 2. The zero-order chi connectivity index (χ0) is 20.1. The lowest BCUT2D eigenvalue weighted by Crippen LogP contribution is -2.49. The van der Waals surface area contributed by atoms with Crippen LogP contribution in [0.4, 0.5) is 5.69 Å². The Morgan fingerprint density at radius 3 is 2.47 bits per heavy atom. The highest BCUT2D eigenvalue weighted by Gasteiger charge is 2.26. The maximum absolute atomic E-state index is 13.2. The van der Waals surface area contributed by atoms with Crippen molar-refractivity contribution >= 4 is 38.5 Å². The number of hydrogen-bond donors (Lipinski definition) is 2. The highest BCUT2D eigenvalue weighted by atomic mass is 16.5. The van der Waals surface area contributed by atoms with Gasteiger partial charge in [-0.1, -0.05) is 18.2 Å². The number of para-hydroxylation sites is 1. The van der Waals surface area contributed by atoms with Crippen LogP contribution in [0.1, 0.15) is 12.8 Å². The molecule has 0 amide bonds. The van der Waals surface area contributed by atoms with Gasteiger partial charge in [0.15, 0.2) is 5.43 Å². The van der Waals surface area contributed by atoms with Crippen molar-refractivity contribution < 1.29 is 4.74 Å². The minimum atomic E-state index is 0.0915. The van der Waals surface area contributed by atoms with Gasteiger partial charge >= 0.3 is 0 Å². The smallest absolute Gasteiger partial charge is 0.199 e. The van der Waals surface area contributed by atoms with Crippen molar-refractivity contribution in [3.8, 4) is 0 Å². The SMILES string of the molecule is O=c1c2ccc(N3CCC(N4CCOCC4)CC3)cc2[nH]c2[nH]c3ccccc3c12. The van der Waals surface area contributed by atoms with Gasteiger partial charge < -0.3 is 19.6 Å². The van der Waals surface area contributed by atoms with Crippen molar-refractivity contribution in [3.05, 3.63) is 52.7 Å². The molecule has 2 fully saturated rings. The maximum Gasteiger partial charge on any atom is 0.199 e. The molecule has 0 saturated carbocycles. The Kier molecular flexibility index (Phi) is 4.28. The van der Waals surface area contributed by atoms with E-state index in [2.05, 4.69) is 31.9 Å². The summed E-state index contributed by atoms with van der Waals surface area (Å²) >= 11 is 0. The molecule has 2 aliphatic heterocycles. The van der Waals surface area contributed by atoms with Crippen LogP contribution in [0.2, 0.25) is 0 Å². The van der Waals surface area contributed by atoms with Crippen molar-refractivity contribution in [3.63, 3.8) is 0 Å². The molecule has 0 atom stereocenters. The summed E-state index contributed by atoms with van der Waals surface area (Å²) in [5.41, 5.74) is 3.97. The molecule has 4 aromatic rings. The maximum atomic E-state index is 13.2. The molecule has 154 valence electrons. The number of ether oxygens (including phenoxy) is 1. The molecule has 2 saturated heterocycles. The quantitative estimate of drug-likeness (QED) is 0.539. The number of anilines is 1. The number of H-pyrrole nitrogens is 2. The summed E-state index contributed by atoms with van der Waals surface area (Å²) in [6.45, 7) is 5.94. The Hall–Kier alpha value is -2.83. The molecular weight excluding hydrogens is 376 g/mol. The van der Waals surface area contributed by atoms with E-state index in [9.17, 15) is 4.79 Å². The van der Waals surface area contributed by atoms with Gasteiger partial charge in [0.05, 0.1) is 24.1 Å². The molecule has 4 heterocycles. The van der Waals surface area contributed by atoms with Crippen LogP contribution < -0.4 is 10.3 Å². The van der Waals surface area contributed by atoms with Gasteiger partial charge in [0.2, 0.25) is 0 Å². The van der Waals surface area contributed by atoms with Crippen LogP contribution in [-0.2, 0) is 4.74 Å². The average molecular weight is 402 g/mol. The summed E-state index contributed by atoms with van der Waals surface area (Å²) < 4.78 is 5.50. The summed E-state index contributed by atoms with van der Waals surface area (Å²) in [5, 5.41) is 2.47. The minimum Gasteiger partial charge on any atom is -0.379 e. The molecule has 6 heteroatoms. The van der Waals surface area contributed by atoms with Gasteiger partial charge in [0.1, 0.15) is 5.65 Å². The molecule has 2 N–H and O–H groups in total. The van der Waals surface area contributed by atoms with Crippen LogP contribution in [-0.4, -0.2) is 60.3 Å². The van der Waals surface area contributed by atoms with Gasteiger partial charge in [-0.3, -0.25) is 9.69 Å². The van der Waals surface area contributed by atoms with E-state index < -0.39 is 0 Å². The van der Waals surface area contributed by atoms with Crippen molar-refractivity contribution in [2.45, 2.75) is 18.9 Å². The molecule has 6 nitrogen and oxygen atoms in total. The third-order valence-electron chi connectivity index (χ3n) is 6.83. The number of nitrogens with zero attached hydrogens (tertiary/aromatic N) is 2. The number of pyridine rings is 1. The number of aromatic nitrogens is 2. The Balaban J connectivity index is 1.31. The fourth-order valence-electron chi connectivity index (χ4n) is 5.20. The zero-order valence-corrected chi connectivity index (χ0v) is 17.0. The number of rotatable bonds is 2. The second-order valence-corrected chi connectivity index (χ2v) is 8.47. The zero-order valence-electron chi connectivity index (χ0n) is 17.0. The summed E-state index contributed by atoms with van der Waals surface area (Å²) in [5.74, 6) is 0. The highest BCUT2D eigenvalue weighted by molar-refractivity contribution is 6.09. The first-order chi connectivity index (χ1) is 14.8. The molecule has 2 aromatic carbocycles. The van der Waals surface area contributed by atoms with Crippen molar-refractivity contribution in [1.82, 2.24) is 14.9 Å². The fourth-order valence-corrected chi connectivity index (χ4v) is 5.20. The molecular formula is C24H26N4O2. The second-order valence-electron chi connectivity index (χ2n) is 8.47. The number of fused-ring (bicyclic) bond motifs is 4. The van der Waals surface area contributed by atoms with Crippen LogP contribution in [0, 0.1) is 0 Å². The summed E-state index contributed by atoms with van der Waals surface area (Å²) in [6, 6.07) is 14.9. The first-order valence-corrected chi connectivity index (χ1v) is 10.9. The Morgan fingerprint density at radius 2 is 1.63 bits per heavy atom. The van der Waals surface area contributed by atoms with E-state index in [1.807, 2.05) is 30.3 Å². The van der Waals surface area contributed by atoms with Crippen molar-refractivity contribution in [2.24, 2.45) is 0 Å². The van der Waals surface area contributed by atoms with E-state index in [1.165, 1.54) is 18.5 Å². The lowest BCUT2D eigenvalue weighted by Gasteiger charge is -2.40. The number of hydrogen-bond acceptors (Lipinski definition) is 4. The standard InChI is InChI=1S/C24H26N4O2/c29-23-19-6-5-17(27-9-7-16(8-10-27)28-11-13-30-14-12-28)15-21(19)26-24-22(23)18-3-1-2-4-20(18)25-24/h1-6,15-16H,7-14H2,(H2,25,26,29). The topological polar surface area (TPSA) is 64.4 Å². The van der Waals surface area contributed by atoms with E-state index >= 15 is 0 Å². The van der Waals surface area contributed by atoms with E-state index in [0.717, 1.165) is 72.2 Å². The summed E-state index contributed by atoms with van der Waals surface area (Å²) in [6.07, 6.45) is 2.35. The van der Waals surface area contributed by atoms with Gasteiger partial charge in [-0.25, -0.2) is 0 Å². The lowest BCUT2D eigenvalue weighted by molar-refractivity contribution is 0.0115. The lowest BCUT2D eigenvalue weighted by atomic mass is 10.0. The number of piperidine rings is 1. The molecule has 6 rings (SSSR count). The molecule has 30 heavy (non-hydrogen) atoms. The van der Waals surface area contributed by atoms with E-state index in [0.29, 0.717) is 6.04 Å². The van der Waals surface area contributed by atoms with Crippen LogP contribution in [0.15, 0.2) is 47.3 Å². The Morgan fingerprint density at radius 1 is 0.867 bits per heavy atom. The van der Waals surface area contributed by atoms with Gasteiger partial charge in [0, 0.05) is 54.2 Å². The molecule has 0 bridgehead atoms. The summed E-state index contributed by atoms with van der Waals surface area (Å²) in [4.78, 5) is 25.1. The van der Waals surface area contributed by atoms with Crippen LogP contribution in [0.25, 0.3) is 32.8 Å². The number of benzene rings is 2. The van der Waals surface area contributed by atoms with Crippen molar-refractivity contribution in [2.75, 3.05) is 44.3 Å². The Labute approximate surface area is 174 Å². The second kappa shape index (κ2) is 7.15. The normalized spacial score (nSPS) is 19.3. The molecule has 0 aliphatic carbocycles. The largest absolute Gasteiger partial charge is 0.379 e. The fraction of sp³-hybridized carbons (Fsp3) is 0.375. The van der Waals surface area contributed by atoms with E-state index in [-0.39, 0.29) is 5.43 Å². The van der Waals surface area contributed by atoms with Gasteiger partial charge in [-0.2, -0.15) is 0 Å². The van der Waals surface area contributed by atoms with Crippen molar-refractivity contribution in [1.29, 1.82) is 0 Å². The first kappa shape index (κ1) is 18.0. The van der Waals surface area contributed by atoms with Gasteiger partial charge in [-0.15, -0.1) is 0 Å². The summed E-state index contributed by atoms with van der Waals surface area (Å²) in [7, 11) is 0. The van der Waals surface area contributed by atoms with E-state index in [4.69, 9.17) is 4.74 Å². The third kappa shape index (κ3) is 2.90. The molecule has 2 aromatic heterocycles. The van der Waals surface area contributed by atoms with Crippen LogP contribution >= 0.6 is 0 Å². The highest BCUT2D eigenvalue weighted by Crippen LogP contribution is 2.28. The third-order valence-corrected chi connectivity index (χ3v) is 6.83. The molecule has 0 spiro atoms. The number of nitrogens with one attached hydrogen (secondary N) is 2. The number of morpholine rings is 1. The molecule has 2 aliphatic rings. The first-order valence-electron chi connectivity index (χ1n) is 10.9. The molecule has 0 unspecified atom stereocenters. The molecule has 0 radical (unpaired) electrons. The minimum absolute atomic E-state index is 0.0915. The monoisotopic (exact) mass is 402 g/mol. The Bertz CT molecular complexity index is 1280. The van der Waals surface area contributed by atoms with Crippen LogP contribution in [0.5, 0.6) is 0 Å². The predicted octanol–water partition coefficient (Wildman–Crippen LogP) is 3.46. The van der Waals surface area contributed by atoms with Gasteiger partial charge in [-0.05, 0) is 37.1 Å².